The highest BCUT2D eigenvalue weighted by atomic mass is 35.5. The molecule has 2 rings (SSSR count). The number of rotatable bonds is 3. The first kappa shape index (κ1) is 12.4. The highest BCUT2D eigenvalue weighted by molar-refractivity contribution is 6.31. The van der Waals surface area contributed by atoms with Gasteiger partial charge in [-0.2, -0.15) is 5.10 Å². The number of oxime groups is 1. The molecule has 0 aliphatic rings. The number of amidine groups is 1. The Balaban J connectivity index is 2.25. The van der Waals surface area contributed by atoms with Crippen LogP contribution in [0.4, 0.5) is 0 Å². The van der Waals surface area contributed by atoms with E-state index in [-0.39, 0.29) is 5.84 Å². The van der Waals surface area contributed by atoms with Crippen LogP contribution in [-0.4, -0.2) is 20.8 Å². The summed E-state index contributed by atoms with van der Waals surface area (Å²) in [6.45, 7) is 2.57. The average molecular weight is 265 g/mol. The molecule has 3 N–H and O–H groups in total. The zero-order valence-electron chi connectivity index (χ0n) is 9.84. The minimum absolute atomic E-state index is 0.0402. The van der Waals surface area contributed by atoms with E-state index in [0.29, 0.717) is 17.1 Å². The molecule has 0 fully saturated rings. The maximum absolute atomic E-state index is 8.59. The Hall–Kier alpha value is -2.01. The van der Waals surface area contributed by atoms with E-state index in [2.05, 4.69) is 10.3 Å². The first-order valence-corrected chi connectivity index (χ1v) is 5.73. The summed E-state index contributed by atoms with van der Waals surface area (Å²) in [7, 11) is 0. The lowest BCUT2D eigenvalue weighted by Gasteiger charge is -2.06. The molecular formula is C12H13ClN4O. The van der Waals surface area contributed by atoms with Crippen molar-refractivity contribution in [2.75, 3.05) is 0 Å². The van der Waals surface area contributed by atoms with E-state index in [1.54, 1.807) is 23.0 Å². The monoisotopic (exact) mass is 264 g/mol. The van der Waals surface area contributed by atoms with Crippen molar-refractivity contribution in [2.45, 2.75) is 13.5 Å². The van der Waals surface area contributed by atoms with Crippen molar-refractivity contribution in [3.05, 3.63) is 52.3 Å². The summed E-state index contributed by atoms with van der Waals surface area (Å²) in [5, 5.41) is 16.3. The van der Waals surface area contributed by atoms with Gasteiger partial charge < -0.3 is 10.9 Å². The smallest absolute Gasteiger partial charge is 0.170 e. The van der Waals surface area contributed by atoms with E-state index in [4.69, 9.17) is 22.5 Å². The lowest BCUT2D eigenvalue weighted by Crippen LogP contribution is -2.13. The second kappa shape index (κ2) is 5.10. The Morgan fingerprint density at radius 2 is 2.33 bits per heavy atom. The van der Waals surface area contributed by atoms with Crippen molar-refractivity contribution in [1.29, 1.82) is 0 Å². The van der Waals surface area contributed by atoms with E-state index in [1.165, 1.54) is 0 Å². The van der Waals surface area contributed by atoms with Crippen LogP contribution in [0.1, 0.15) is 16.7 Å². The maximum atomic E-state index is 8.59. The van der Waals surface area contributed by atoms with Gasteiger partial charge in [-0.25, -0.2) is 0 Å². The zero-order chi connectivity index (χ0) is 13.1. The largest absolute Gasteiger partial charge is 0.409 e. The fourth-order valence-corrected chi connectivity index (χ4v) is 1.86. The molecule has 0 spiro atoms. The molecule has 0 aliphatic carbocycles. The molecule has 0 amide bonds. The molecule has 0 bridgehead atoms. The quantitative estimate of drug-likeness (QED) is 0.385. The van der Waals surface area contributed by atoms with Crippen LogP contribution in [0, 0.1) is 6.92 Å². The number of aryl methyl sites for hydroxylation is 1. The minimum atomic E-state index is 0.0402. The van der Waals surface area contributed by atoms with Crippen molar-refractivity contribution in [1.82, 2.24) is 9.78 Å². The molecule has 0 radical (unpaired) electrons. The third-order valence-corrected chi connectivity index (χ3v) is 2.90. The Labute approximate surface area is 109 Å². The predicted molar refractivity (Wildman–Crippen MR) is 70.0 cm³/mol. The molecule has 18 heavy (non-hydrogen) atoms. The number of hydrogen-bond acceptors (Lipinski definition) is 3. The van der Waals surface area contributed by atoms with Crippen LogP contribution >= 0.6 is 11.6 Å². The Morgan fingerprint density at radius 1 is 1.56 bits per heavy atom. The summed E-state index contributed by atoms with van der Waals surface area (Å²) in [5.74, 6) is 0.0402. The third-order valence-electron chi connectivity index (χ3n) is 2.55. The Morgan fingerprint density at radius 3 is 2.89 bits per heavy atom. The number of aromatic nitrogens is 2. The normalized spacial score (nSPS) is 11.8. The van der Waals surface area contributed by atoms with Crippen LogP contribution in [0.2, 0.25) is 5.02 Å². The summed E-state index contributed by atoms with van der Waals surface area (Å²) < 4.78 is 1.81. The van der Waals surface area contributed by atoms with Gasteiger partial charge in [-0.1, -0.05) is 28.9 Å². The van der Waals surface area contributed by atoms with Crippen LogP contribution in [0.5, 0.6) is 0 Å². The highest BCUT2D eigenvalue weighted by Gasteiger charge is 2.06. The second-order valence-electron chi connectivity index (χ2n) is 4.01. The highest BCUT2D eigenvalue weighted by Crippen LogP contribution is 2.19. The molecule has 0 saturated carbocycles. The van der Waals surface area contributed by atoms with Crippen molar-refractivity contribution < 1.29 is 5.21 Å². The maximum Gasteiger partial charge on any atom is 0.170 e. The van der Waals surface area contributed by atoms with Gasteiger partial charge in [0.15, 0.2) is 5.84 Å². The van der Waals surface area contributed by atoms with Crippen LogP contribution in [0.25, 0.3) is 0 Å². The molecule has 5 nitrogen and oxygen atoms in total. The number of hydrogen-bond donors (Lipinski definition) is 2. The van der Waals surface area contributed by atoms with E-state index in [1.807, 2.05) is 19.2 Å². The summed E-state index contributed by atoms with van der Waals surface area (Å²) >= 11 is 6.15. The van der Waals surface area contributed by atoms with Gasteiger partial charge in [0, 0.05) is 16.8 Å². The topological polar surface area (TPSA) is 76.4 Å². The first-order chi connectivity index (χ1) is 8.60. The standard InChI is InChI=1S/C12H13ClN4O/c1-8-5-15-17(6-8)7-10-3-2-9(4-11(10)13)12(14)16-18/h2-6,18H,7H2,1H3,(H2,14,16). The zero-order valence-corrected chi connectivity index (χ0v) is 10.6. The van der Waals surface area contributed by atoms with E-state index in [0.717, 1.165) is 11.1 Å². The van der Waals surface area contributed by atoms with Crippen LogP contribution in [-0.2, 0) is 6.54 Å². The SMILES string of the molecule is Cc1cnn(Cc2ccc(/C(N)=N/O)cc2Cl)c1. The molecule has 1 aromatic heterocycles. The molecule has 0 saturated heterocycles. The Kier molecular flexibility index (Phi) is 3.53. The molecule has 2 aromatic rings. The molecular weight excluding hydrogens is 252 g/mol. The molecule has 0 atom stereocenters. The van der Waals surface area contributed by atoms with Gasteiger partial charge in [0.2, 0.25) is 0 Å². The molecule has 1 aromatic carbocycles. The summed E-state index contributed by atoms with van der Waals surface area (Å²) in [4.78, 5) is 0. The summed E-state index contributed by atoms with van der Waals surface area (Å²) in [6.07, 6.45) is 3.73. The average Bonchev–Trinajstić information content (AvgIpc) is 2.76. The van der Waals surface area contributed by atoms with Crippen LogP contribution in [0.15, 0.2) is 35.7 Å². The molecule has 0 aliphatic heterocycles. The van der Waals surface area contributed by atoms with E-state index in [9.17, 15) is 0 Å². The van der Waals surface area contributed by atoms with Gasteiger partial charge in [-0.05, 0) is 24.1 Å². The van der Waals surface area contributed by atoms with Crippen molar-refractivity contribution in [3.8, 4) is 0 Å². The lowest BCUT2D eigenvalue weighted by atomic mass is 10.1. The van der Waals surface area contributed by atoms with Gasteiger partial charge in [0.05, 0.1) is 12.7 Å². The fourth-order valence-electron chi connectivity index (χ4n) is 1.62. The van der Waals surface area contributed by atoms with Crippen molar-refractivity contribution >= 4 is 17.4 Å². The van der Waals surface area contributed by atoms with Crippen molar-refractivity contribution in [2.24, 2.45) is 10.9 Å². The minimum Gasteiger partial charge on any atom is -0.409 e. The third kappa shape index (κ3) is 2.62. The second-order valence-corrected chi connectivity index (χ2v) is 4.41. The predicted octanol–water partition coefficient (Wildman–Crippen LogP) is 1.99. The molecule has 6 heteroatoms. The number of halogens is 1. The summed E-state index contributed by atoms with van der Waals surface area (Å²) in [6, 6.07) is 5.27. The molecule has 1 heterocycles. The number of nitrogens with two attached hydrogens (primary N) is 1. The molecule has 94 valence electrons. The van der Waals surface area contributed by atoms with E-state index < -0.39 is 0 Å². The summed E-state index contributed by atoms with van der Waals surface area (Å²) in [5.41, 5.74) is 8.10. The fraction of sp³-hybridized carbons (Fsp3) is 0.167. The van der Waals surface area contributed by atoms with Gasteiger partial charge >= 0.3 is 0 Å². The van der Waals surface area contributed by atoms with Crippen molar-refractivity contribution in [3.63, 3.8) is 0 Å². The Bertz CT molecular complexity index is 592. The van der Waals surface area contributed by atoms with Crippen LogP contribution < -0.4 is 5.73 Å². The van der Waals surface area contributed by atoms with Gasteiger partial charge in [-0.15, -0.1) is 0 Å². The number of benzene rings is 1. The first-order valence-electron chi connectivity index (χ1n) is 5.35. The van der Waals surface area contributed by atoms with Gasteiger partial charge in [-0.3, -0.25) is 4.68 Å². The lowest BCUT2D eigenvalue weighted by molar-refractivity contribution is 0.318. The molecule has 0 unspecified atom stereocenters. The van der Waals surface area contributed by atoms with Gasteiger partial charge in [0.25, 0.3) is 0 Å². The van der Waals surface area contributed by atoms with Gasteiger partial charge in [0.1, 0.15) is 0 Å². The number of nitrogens with zero attached hydrogens (tertiary/aromatic N) is 3. The van der Waals surface area contributed by atoms with E-state index >= 15 is 0 Å². The van der Waals surface area contributed by atoms with Crippen LogP contribution in [0.3, 0.4) is 0 Å².